The minimum atomic E-state index is -4.19. The summed E-state index contributed by atoms with van der Waals surface area (Å²) in [5.74, 6) is -0.265. The Labute approximate surface area is 226 Å². The van der Waals surface area contributed by atoms with Crippen LogP contribution in [0.2, 0.25) is 0 Å². The van der Waals surface area contributed by atoms with Crippen molar-refractivity contribution in [3.8, 4) is 0 Å². The number of rotatable bonds is 8. The van der Waals surface area contributed by atoms with Crippen molar-refractivity contribution in [2.24, 2.45) is 5.92 Å². The van der Waals surface area contributed by atoms with Crippen LogP contribution in [0.15, 0.2) is 146 Å². The molecular weight excluding hydrogens is 507 g/mol. The molecule has 4 aromatic rings. The van der Waals surface area contributed by atoms with Crippen molar-refractivity contribution in [3.63, 3.8) is 0 Å². The molecule has 2 atom stereocenters. The molecule has 0 bridgehead atoms. The van der Waals surface area contributed by atoms with Gasteiger partial charge in [-0.25, -0.2) is 0 Å². The first-order chi connectivity index (χ1) is 18.3. The van der Waals surface area contributed by atoms with Crippen molar-refractivity contribution in [2.45, 2.75) is 24.8 Å². The summed E-state index contributed by atoms with van der Waals surface area (Å²) in [5, 5.41) is 2.61. The zero-order valence-electron chi connectivity index (χ0n) is 21.7. The summed E-state index contributed by atoms with van der Waals surface area (Å²) in [7, 11) is -4.19. The molecule has 0 aromatic heterocycles. The molecule has 0 N–H and O–H groups in total. The predicted octanol–water partition coefficient (Wildman–Crippen LogP) is 6.50. The van der Waals surface area contributed by atoms with Gasteiger partial charge in [-0.15, -0.1) is 0 Å². The molecular formula is C33H33O3PS. The van der Waals surface area contributed by atoms with E-state index < -0.39 is 21.7 Å². The molecule has 0 heterocycles. The van der Waals surface area contributed by atoms with Gasteiger partial charge in [-0.05, 0) is 0 Å². The van der Waals surface area contributed by atoms with Crippen molar-refractivity contribution in [3.05, 3.63) is 151 Å². The van der Waals surface area contributed by atoms with E-state index in [1.807, 2.05) is 128 Å². The van der Waals surface area contributed by atoms with Crippen LogP contribution in [0.5, 0.6) is 0 Å². The third kappa shape index (κ3) is 4.18. The normalized spacial score (nSPS) is 20.5. The topological polar surface area (TPSA) is 43.4 Å². The summed E-state index contributed by atoms with van der Waals surface area (Å²) >= 11 is 0. The monoisotopic (exact) mass is 540 g/mol. The van der Waals surface area contributed by atoms with Gasteiger partial charge in [0.2, 0.25) is 0 Å². The van der Waals surface area contributed by atoms with Crippen LogP contribution < -0.4 is 15.9 Å². The van der Waals surface area contributed by atoms with Crippen LogP contribution in [-0.2, 0) is 20.3 Å². The van der Waals surface area contributed by atoms with Gasteiger partial charge in [0.05, 0.1) is 0 Å². The Morgan fingerprint density at radius 2 is 1.11 bits per heavy atom. The van der Waals surface area contributed by atoms with Crippen LogP contribution >= 0.6 is 6.83 Å². The van der Waals surface area contributed by atoms with Crippen LogP contribution in [0.4, 0.5) is 0 Å². The van der Waals surface area contributed by atoms with Gasteiger partial charge < -0.3 is 0 Å². The van der Waals surface area contributed by atoms with Gasteiger partial charge in [0, 0.05) is 0 Å². The number of hydrogen-bond acceptors (Lipinski definition) is 3. The van der Waals surface area contributed by atoms with E-state index in [9.17, 15) is 8.42 Å². The van der Waals surface area contributed by atoms with E-state index in [0.29, 0.717) is 6.16 Å². The molecule has 0 saturated carbocycles. The Kier molecular flexibility index (Phi) is 7.00. The molecule has 0 spiro atoms. The average Bonchev–Trinajstić information content (AvgIpc) is 2.96. The summed E-state index contributed by atoms with van der Waals surface area (Å²) in [6.07, 6.45) is 7.80. The Hall–Kier alpha value is -3.30. The minimum absolute atomic E-state index is 0.265. The molecule has 4 aromatic carbocycles. The van der Waals surface area contributed by atoms with Gasteiger partial charge in [0.15, 0.2) is 0 Å². The second-order valence-corrected chi connectivity index (χ2v) is 16.8. The van der Waals surface area contributed by atoms with Crippen LogP contribution in [0.25, 0.3) is 0 Å². The Morgan fingerprint density at radius 1 is 0.684 bits per heavy atom. The first-order valence-corrected chi connectivity index (χ1v) is 16.6. The van der Waals surface area contributed by atoms with Gasteiger partial charge in [0.25, 0.3) is 0 Å². The second-order valence-electron chi connectivity index (χ2n) is 10.1. The molecule has 5 rings (SSSR count). The fourth-order valence-corrected chi connectivity index (χ4v) is 14.6. The molecule has 194 valence electrons. The van der Waals surface area contributed by atoms with Gasteiger partial charge >= 0.3 is 227 Å². The van der Waals surface area contributed by atoms with Gasteiger partial charge in [-0.1, -0.05) is 0 Å². The van der Waals surface area contributed by atoms with Gasteiger partial charge in [0.1, 0.15) is 0 Å². The summed E-state index contributed by atoms with van der Waals surface area (Å²) in [4.78, 5) is 0. The maximum absolute atomic E-state index is 14.8. The van der Waals surface area contributed by atoms with E-state index in [1.54, 1.807) is 19.1 Å². The zero-order valence-corrected chi connectivity index (χ0v) is 23.4. The van der Waals surface area contributed by atoms with Crippen molar-refractivity contribution < 1.29 is 12.4 Å². The molecule has 0 aliphatic heterocycles. The molecule has 38 heavy (non-hydrogen) atoms. The average molecular weight is 541 g/mol. The van der Waals surface area contributed by atoms with Crippen molar-refractivity contribution in [1.29, 1.82) is 0 Å². The maximum atomic E-state index is 14.8. The molecule has 2 unspecified atom stereocenters. The van der Waals surface area contributed by atoms with Crippen molar-refractivity contribution in [1.82, 2.24) is 0 Å². The van der Waals surface area contributed by atoms with E-state index in [2.05, 4.69) is 12.1 Å². The summed E-state index contributed by atoms with van der Waals surface area (Å²) in [5.41, 5.74) is 1.01. The Morgan fingerprint density at radius 3 is 1.53 bits per heavy atom. The molecule has 5 heteroatoms. The Balaban J connectivity index is 1.94. The molecule has 0 amide bonds. The third-order valence-electron chi connectivity index (χ3n) is 7.88. The third-order valence-corrected chi connectivity index (χ3v) is 16.7. The molecule has 0 radical (unpaired) electrons. The van der Waals surface area contributed by atoms with Gasteiger partial charge in [-0.2, -0.15) is 0 Å². The first-order valence-electron chi connectivity index (χ1n) is 12.9. The molecule has 0 saturated heterocycles. The van der Waals surface area contributed by atoms with Crippen LogP contribution in [-0.4, -0.2) is 13.2 Å². The van der Waals surface area contributed by atoms with Crippen LogP contribution in [0.3, 0.4) is 0 Å². The molecule has 1 aliphatic rings. The van der Waals surface area contributed by atoms with E-state index in [4.69, 9.17) is 3.97 Å². The van der Waals surface area contributed by atoms with E-state index in [-0.39, 0.29) is 5.92 Å². The summed E-state index contributed by atoms with van der Waals surface area (Å²) in [6.45, 7) is -0.496. The Bertz CT molecular complexity index is 1450. The zero-order chi connectivity index (χ0) is 26.7. The summed E-state index contributed by atoms with van der Waals surface area (Å²) < 4.78 is 35.4. The second kappa shape index (κ2) is 10.1. The van der Waals surface area contributed by atoms with Crippen molar-refractivity contribution >= 4 is 32.9 Å². The molecule has 1 aliphatic carbocycles. The summed E-state index contributed by atoms with van der Waals surface area (Å²) in [6, 6.07) is 39.9. The molecule has 0 fully saturated rings. The fourth-order valence-electron chi connectivity index (χ4n) is 5.47. The number of hydrogen-bond donors (Lipinski definition) is 0. The van der Waals surface area contributed by atoms with E-state index >= 15 is 0 Å². The van der Waals surface area contributed by atoms with E-state index in [0.717, 1.165) is 21.5 Å². The van der Waals surface area contributed by atoms with Crippen LogP contribution in [0.1, 0.15) is 19.4 Å². The quantitative estimate of drug-likeness (QED) is 0.240. The number of benzene rings is 4. The van der Waals surface area contributed by atoms with Gasteiger partial charge in [-0.3, -0.25) is 0 Å². The first kappa shape index (κ1) is 26.3. The van der Waals surface area contributed by atoms with Crippen LogP contribution in [0, 0.1) is 5.92 Å². The standard InChI is InChI=1S/C33H33O3PS/c1-28-17-15-16-26-33(28,2)38(34,35)36-37(30-20-9-4-10-21-30,31-22-11-5-12-23-31,32-24-13-6-14-25-32)27-29-18-7-3-8-19-29/h3-26,28H,27H2,1-2H3. The molecule has 3 nitrogen and oxygen atoms in total. The SMILES string of the molecule is CC1C=CC=CC1(C)S(=O)(=O)OP(Cc1ccccc1)(c1ccccc1)(c1ccccc1)c1ccccc1. The van der Waals surface area contributed by atoms with E-state index in [1.165, 1.54) is 0 Å². The van der Waals surface area contributed by atoms with Crippen molar-refractivity contribution in [2.75, 3.05) is 0 Å². The predicted molar refractivity (Wildman–Crippen MR) is 161 cm³/mol. The number of allylic oxidation sites excluding steroid dienone is 3. The fraction of sp³-hybridized carbons (Fsp3) is 0.152.